The molecule has 50 heavy (non-hydrogen) atoms. The standard InChI is InChI=1S/C46H90O4/c1-3-5-6-7-8-9-10-11-12-13-14-15-16-17-22-25-28-31-34-37-40-43-46(49)50-44(4-2)41-38-35-32-29-26-23-20-18-19-21-24-27-30-33-36-39-42-45(47)48/h44H,3-43H2,1-2H3,(H,47,48). The molecule has 0 aromatic rings. The Bertz CT molecular complexity index is 677. The fraction of sp³-hybridized carbons (Fsp3) is 0.957. The number of hydrogen-bond donors (Lipinski definition) is 1. The van der Waals surface area contributed by atoms with Crippen LogP contribution in [-0.2, 0) is 14.3 Å². The van der Waals surface area contributed by atoms with E-state index in [1.807, 2.05) is 0 Å². The second kappa shape index (κ2) is 42.4. The minimum atomic E-state index is -0.661. The maximum Gasteiger partial charge on any atom is 0.306 e. The minimum Gasteiger partial charge on any atom is -0.481 e. The lowest BCUT2D eigenvalue weighted by Crippen LogP contribution is -2.17. The van der Waals surface area contributed by atoms with E-state index in [9.17, 15) is 9.59 Å². The number of rotatable bonds is 43. The SMILES string of the molecule is CCCCCCCCCCCCCCCCCCCCCCCC(=O)OC(CC)CCCCCCCCCCCCCCCCCCC(=O)O. The van der Waals surface area contributed by atoms with Crippen molar-refractivity contribution in [1.82, 2.24) is 0 Å². The van der Waals surface area contributed by atoms with Crippen molar-refractivity contribution in [3.63, 3.8) is 0 Å². The van der Waals surface area contributed by atoms with Crippen molar-refractivity contribution < 1.29 is 19.4 Å². The maximum atomic E-state index is 12.4. The Kier molecular flexibility index (Phi) is 41.5. The quantitative estimate of drug-likeness (QED) is 0.0506. The highest BCUT2D eigenvalue weighted by Crippen LogP contribution is 2.18. The molecule has 4 heteroatoms. The van der Waals surface area contributed by atoms with Gasteiger partial charge in [-0.05, 0) is 32.1 Å². The van der Waals surface area contributed by atoms with Crippen LogP contribution >= 0.6 is 0 Å². The van der Waals surface area contributed by atoms with E-state index in [2.05, 4.69) is 13.8 Å². The molecule has 0 aromatic heterocycles. The van der Waals surface area contributed by atoms with Crippen molar-refractivity contribution in [1.29, 1.82) is 0 Å². The lowest BCUT2D eigenvalue weighted by molar-refractivity contribution is -0.149. The first kappa shape index (κ1) is 48.9. The van der Waals surface area contributed by atoms with Crippen molar-refractivity contribution in [2.24, 2.45) is 0 Å². The summed E-state index contributed by atoms with van der Waals surface area (Å²) in [5, 5.41) is 8.66. The Morgan fingerprint density at radius 1 is 0.380 bits per heavy atom. The van der Waals surface area contributed by atoms with E-state index in [4.69, 9.17) is 9.84 Å². The summed E-state index contributed by atoms with van der Waals surface area (Å²) < 4.78 is 5.82. The first-order valence-corrected chi connectivity index (χ1v) is 23.0. The maximum absolute atomic E-state index is 12.4. The second-order valence-electron chi connectivity index (χ2n) is 15.9. The molecule has 0 bridgehead atoms. The number of carbonyl (C=O) groups excluding carboxylic acids is 1. The number of carboxylic acids is 1. The van der Waals surface area contributed by atoms with Gasteiger partial charge in [0.2, 0.25) is 0 Å². The molecular formula is C46H90O4. The van der Waals surface area contributed by atoms with E-state index in [1.165, 1.54) is 218 Å². The third-order valence-electron chi connectivity index (χ3n) is 10.9. The molecule has 298 valence electrons. The Morgan fingerprint density at radius 2 is 0.640 bits per heavy atom. The monoisotopic (exact) mass is 707 g/mol. The summed E-state index contributed by atoms with van der Waals surface area (Å²) >= 11 is 0. The fourth-order valence-electron chi connectivity index (χ4n) is 7.42. The van der Waals surface area contributed by atoms with Gasteiger partial charge in [0.1, 0.15) is 6.10 Å². The summed E-state index contributed by atoms with van der Waals surface area (Å²) in [4.78, 5) is 22.9. The first-order chi connectivity index (χ1) is 24.6. The van der Waals surface area contributed by atoms with E-state index in [0.717, 1.165) is 32.1 Å². The normalized spacial score (nSPS) is 12.0. The number of carbonyl (C=O) groups is 2. The smallest absolute Gasteiger partial charge is 0.306 e. The highest BCUT2D eigenvalue weighted by atomic mass is 16.5. The summed E-state index contributed by atoms with van der Waals surface area (Å²) in [6.45, 7) is 4.45. The molecule has 0 spiro atoms. The number of carboxylic acid groups (broad SMARTS) is 1. The van der Waals surface area contributed by atoms with Crippen LogP contribution in [0.15, 0.2) is 0 Å². The number of hydrogen-bond acceptors (Lipinski definition) is 3. The summed E-state index contributed by atoms with van der Waals surface area (Å²) in [5.41, 5.74) is 0. The van der Waals surface area contributed by atoms with Crippen LogP contribution in [0.5, 0.6) is 0 Å². The molecule has 1 N–H and O–H groups in total. The molecule has 0 fully saturated rings. The predicted molar refractivity (Wildman–Crippen MR) is 218 cm³/mol. The Labute approximate surface area is 313 Å². The average Bonchev–Trinajstić information content (AvgIpc) is 3.11. The molecule has 1 unspecified atom stereocenters. The Morgan fingerprint density at radius 3 is 0.920 bits per heavy atom. The Hall–Kier alpha value is -1.06. The molecule has 1 atom stereocenters. The van der Waals surface area contributed by atoms with Crippen LogP contribution in [0.25, 0.3) is 0 Å². The fourth-order valence-corrected chi connectivity index (χ4v) is 7.42. The lowest BCUT2D eigenvalue weighted by Gasteiger charge is -2.16. The topological polar surface area (TPSA) is 63.6 Å². The van der Waals surface area contributed by atoms with Gasteiger partial charge >= 0.3 is 11.9 Å². The largest absolute Gasteiger partial charge is 0.481 e. The summed E-state index contributed by atoms with van der Waals surface area (Å²) in [6, 6.07) is 0. The van der Waals surface area contributed by atoms with Crippen molar-refractivity contribution >= 4 is 11.9 Å². The van der Waals surface area contributed by atoms with Gasteiger partial charge in [-0.3, -0.25) is 9.59 Å². The molecule has 0 amide bonds. The van der Waals surface area contributed by atoms with Crippen molar-refractivity contribution in [2.75, 3.05) is 0 Å². The molecule has 0 aliphatic rings. The van der Waals surface area contributed by atoms with Crippen molar-refractivity contribution in [3.05, 3.63) is 0 Å². The molecule has 0 saturated heterocycles. The zero-order chi connectivity index (χ0) is 36.4. The van der Waals surface area contributed by atoms with Gasteiger partial charge in [0.15, 0.2) is 0 Å². The molecule has 0 aliphatic carbocycles. The molecule has 0 saturated carbocycles. The third-order valence-corrected chi connectivity index (χ3v) is 10.9. The molecule has 0 radical (unpaired) electrons. The highest BCUT2D eigenvalue weighted by molar-refractivity contribution is 5.69. The number of ether oxygens (including phenoxy) is 1. The first-order valence-electron chi connectivity index (χ1n) is 23.0. The van der Waals surface area contributed by atoms with E-state index in [-0.39, 0.29) is 12.1 Å². The van der Waals surface area contributed by atoms with Crippen molar-refractivity contribution in [2.45, 2.75) is 283 Å². The molecule has 0 aromatic carbocycles. The minimum absolute atomic E-state index is 0.0302. The van der Waals surface area contributed by atoms with Gasteiger partial charge in [-0.15, -0.1) is 0 Å². The number of aliphatic carboxylic acids is 1. The molecular weight excluding hydrogens is 617 g/mol. The van der Waals surface area contributed by atoms with Gasteiger partial charge in [0, 0.05) is 12.8 Å². The van der Waals surface area contributed by atoms with Gasteiger partial charge in [-0.25, -0.2) is 0 Å². The summed E-state index contributed by atoms with van der Waals surface area (Å²) in [6.07, 6.45) is 52.5. The van der Waals surface area contributed by atoms with Gasteiger partial charge in [-0.1, -0.05) is 232 Å². The summed E-state index contributed by atoms with van der Waals surface area (Å²) in [7, 11) is 0. The summed E-state index contributed by atoms with van der Waals surface area (Å²) in [5.74, 6) is -0.631. The average molecular weight is 707 g/mol. The molecule has 0 aliphatic heterocycles. The third kappa shape index (κ3) is 41.4. The number of esters is 1. The predicted octanol–water partition coefficient (Wildman–Crippen LogP) is 16.0. The van der Waals surface area contributed by atoms with E-state index < -0.39 is 5.97 Å². The zero-order valence-corrected chi connectivity index (χ0v) is 34.2. The van der Waals surface area contributed by atoms with Crippen molar-refractivity contribution in [3.8, 4) is 0 Å². The van der Waals surface area contributed by atoms with E-state index in [1.54, 1.807) is 0 Å². The molecule has 4 nitrogen and oxygen atoms in total. The second-order valence-corrected chi connectivity index (χ2v) is 15.9. The zero-order valence-electron chi connectivity index (χ0n) is 34.2. The lowest BCUT2D eigenvalue weighted by atomic mass is 10.0. The van der Waals surface area contributed by atoms with Gasteiger partial charge < -0.3 is 9.84 Å². The van der Waals surface area contributed by atoms with Crippen LogP contribution in [0, 0.1) is 0 Å². The Balaban J connectivity index is 3.35. The van der Waals surface area contributed by atoms with E-state index >= 15 is 0 Å². The van der Waals surface area contributed by atoms with Gasteiger partial charge in [-0.2, -0.15) is 0 Å². The van der Waals surface area contributed by atoms with E-state index in [0.29, 0.717) is 12.8 Å². The molecule has 0 rings (SSSR count). The van der Waals surface area contributed by atoms with Crippen LogP contribution in [-0.4, -0.2) is 23.1 Å². The van der Waals surface area contributed by atoms with Crippen LogP contribution in [0.2, 0.25) is 0 Å². The molecule has 0 heterocycles. The number of unbranched alkanes of at least 4 members (excludes halogenated alkanes) is 35. The van der Waals surface area contributed by atoms with Gasteiger partial charge in [0.25, 0.3) is 0 Å². The van der Waals surface area contributed by atoms with Crippen LogP contribution < -0.4 is 0 Å². The van der Waals surface area contributed by atoms with Crippen LogP contribution in [0.1, 0.15) is 277 Å². The van der Waals surface area contributed by atoms with Crippen LogP contribution in [0.3, 0.4) is 0 Å². The van der Waals surface area contributed by atoms with Gasteiger partial charge in [0.05, 0.1) is 0 Å². The highest BCUT2D eigenvalue weighted by Gasteiger charge is 2.12. The van der Waals surface area contributed by atoms with Crippen LogP contribution in [0.4, 0.5) is 0 Å².